The number of thioether (sulfide) groups is 1. The number of benzene rings is 1. The van der Waals surface area contributed by atoms with Crippen molar-refractivity contribution >= 4 is 22.9 Å². The Morgan fingerprint density at radius 3 is 2.95 bits per heavy atom. The van der Waals surface area contributed by atoms with Crippen molar-refractivity contribution in [3.63, 3.8) is 0 Å². The molecule has 0 aliphatic carbocycles. The van der Waals surface area contributed by atoms with Crippen LogP contribution in [-0.4, -0.2) is 33.2 Å². The first kappa shape index (κ1) is 13.6. The number of imidazole rings is 1. The standard InChI is InChI=1S/C17H17N3OS/c1-21-15-7-3-2-6-14(15)20-16(12-8-10-22-11-12)19-13-5-4-9-18-17(13)20/h2-7,9,12H,8,10-11H2,1H3. The van der Waals surface area contributed by atoms with Crippen molar-refractivity contribution in [3.8, 4) is 11.4 Å². The predicted octanol–water partition coefficient (Wildman–Crippen LogP) is 3.65. The Kier molecular flexibility index (Phi) is 3.50. The molecule has 1 unspecified atom stereocenters. The highest BCUT2D eigenvalue weighted by molar-refractivity contribution is 7.99. The minimum atomic E-state index is 0.476. The number of ether oxygens (including phenoxy) is 1. The predicted molar refractivity (Wildman–Crippen MR) is 90.1 cm³/mol. The van der Waals surface area contributed by atoms with E-state index in [9.17, 15) is 0 Å². The lowest BCUT2D eigenvalue weighted by Gasteiger charge is -2.15. The third-order valence-electron chi connectivity index (χ3n) is 4.06. The van der Waals surface area contributed by atoms with Crippen LogP contribution in [0, 0.1) is 0 Å². The van der Waals surface area contributed by atoms with E-state index in [0.29, 0.717) is 5.92 Å². The molecule has 0 spiro atoms. The van der Waals surface area contributed by atoms with E-state index < -0.39 is 0 Å². The van der Waals surface area contributed by atoms with Crippen molar-refractivity contribution in [2.24, 2.45) is 0 Å². The van der Waals surface area contributed by atoms with E-state index in [4.69, 9.17) is 9.72 Å². The first-order valence-electron chi connectivity index (χ1n) is 7.43. The van der Waals surface area contributed by atoms with Crippen LogP contribution in [0.3, 0.4) is 0 Å². The second-order valence-corrected chi connectivity index (χ2v) is 6.53. The van der Waals surface area contributed by atoms with E-state index in [1.165, 1.54) is 12.2 Å². The average molecular weight is 311 g/mol. The number of para-hydroxylation sites is 2. The normalized spacial score (nSPS) is 18.0. The van der Waals surface area contributed by atoms with Crippen molar-refractivity contribution in [2.75, 3.05) is 18.6 Å². The van der Waals surface area contributed by atoms with Gasteiger partial charge in [0, 0.05) is 17.9 Å². The Labute approximate surface area is 133 Å². The molecule has 0 radical (unpaired) electrons. The van der Waals surface area contributed by atoms with E-state index in [1.54, 1.807) is 7.11 Å². The van der Waals surface area contributed by atoms with Crippen LogP contribution in [0.4, 0.5) is 0 Å². The smallest absolute Gasteiger partial charge is 0.164 e. The number of hydrogen-bond donors (Lipinski definition) is 0. The molecular weight excluding hydrogens is 294 g/mol. The number of pyridine rings is 1. The molecule has 1 atom stereocenters. The van der Waals surface area contributed by atoms with Gasteiger partial charge in [-0.05, 0) is 36.4 Å². The van der Waals surface area contributed by atoms with E-state index >= 15 is 0 Å². The molecule has 1 aliphatic rings. The molecular formula is C17H17N3OS. The summed E-state index contributed by atoms with van der Waals surface area (Å²) >= 11 is 2.00. The molecule has 1 aliphatic heterocycles. The molecule has 3 aromatic rings. The zero-order chi connectivity index (χ0) is 14.9. The maximum absolute atomic E-state index is 5.55. The van der Waals surface area contributed by atoms with Crippen LogP contribution in [0.25, 0.3) is 16.9 Å². The summed E-state index contributed by atoms with van der Waals surface area (Å²) < 4.78 is 7.73. The molecule has 0 amide bonds. The lowest BCUT2D eigenvalue weighted by molar-refractivity contribution is 0.412. The zero-order valence-electron chi connectivity index (χ0n) is 12.4. The van der Waals surface area contributed by atoms with Gasteiger partial charge in [-0.2, -0.15) is 11.8 Å². The summed E-state index contributed by atoms with van der Waals surface area (Å²) in [4.78, 5) is 9.44. The number of fused-ring (bicyclic) bond motifs is 1. The maximum Gasteiger partial charge on any atom is 0.164 e. The summed E-state index contributed by atoms with van der Waals surface area (Å²) in [6, 6.07) is 12.0. The van der Waals surface area contributed by atoms with Gasteiger partial charge in [0.2, 0.25) is 0 Å². The minimum Gasteiger partial charge on any atom is -0.495 e. The van der Waals surface area contributed by atoms with Crippen molar-refractivity contribution in [1.82, 2.24) is 14.5 Å². The van der Waals surface area contributed by atoms with Crippen LogP contribution in [0.1, 0.15) is 18.2 Å². The van der Waals surface area contributed by atoms with E-state index in [0.717, 1.165) is 34.2 Å². The molecule has 4 rings (SSSR count). The highest BCUT2D eigenvalue weighted by Gasteiger charge is 2.26. The van der Waals surface area contributed by atoms with Crippen LogP contribution < -0.4 is 4.74 Å². The summed E-state index contributed by atoms with van der Waals surface area (Å²) in [5, 5.41) is 0. The van der Waals surface area contributed by atoms with E-state index in [-0.39, 0.29) is 0 Å². The Morgan fingerprint density at radius 1 is 1.23 bits per heavy atom. The summed E-state index contributed by atoms with van der Waals surface area (Å²) in [5.74, 6) is 4.75. The molecule has 0 saturated carbocycles. The first-order valence-corrected chi connectivity index (χ1v) is 8.58. The van der Waals surface area contributed by atoms with E-state index in [2.05, 4.69) is 15.6 Å². The largest absolute Gasteiger partial charge is 0.495 e. The number of nitrogens with zero attached hydrogens (tertiary/aromatic N) is 3. The third-order valence-corrected chi connectivity index (χ3v) is 5.23. The van der Waals surface area contributed by atoms with Crippen LogP contribution in [0.2, 0.25) is 0 Å². The molecule has 1 saturated heterocycles. The molecule has 4 nitrogen and oxygen atoms in total. The minimum absolute atomic E-state index is 0.476. The van der Waals surface area contributed by atoms with Crippen LogP contribution in [0.5, 0.6) is 5.75 Å². The molecule has 3 heterocycles. The quantitative estimate of drug-likeness (QED) is 0.740. The number of rotatable bonds is 3. The van der Waals surface area contributed by atoms with Gasteiger partial charge >= 0.3 is 0 Å². The fourth-order valence-corrected chi connectivity index (χ4v) is 4.21. The van der Waals surface area contributed by atoms with Crippen LogP contribution in [0.15, 0.2) is 42.6 Å². The zero-order valence-corrected chi connectivity index (χ0v) is 13.2. The first-order chi connectivity index (χ1) is 10.9. The lowest BCUT2D eigenvalue weighted by Crippen LogP contribution is -2.08. The van der Waals surface area contributed by atoms with Crippen LogP contribution >= 0.6 is 11.8 Å². The molecule has 0 bridgehead atoms. The molecule has 112 valence electrons. The molecule has 0 N–H and O–H groups in total. The van der Waals surface area contributed by atoms with Gasteiger partial charge in [-0.25, -0.2) is 9.97 Å². The van der Waals surface area contributed by atoms with Crippen molar-refractivity contribution < 1.29 is 4.74 Å². The molecule has 5 heteroatoms. The van der Waals surface area contributed by atoms with Crippen molar-refractivity contribution in [1.29, 1.82) is 0 Å². The Morgan fingerprint density at radius 2 is 2.14 bits per heavy atom. The average Bonchev–Trinajstić information content (AvgIpc) is 3.22. The summed E-state index contributed by atoms with van der Waals surface area (Å²) in [6.07, 6.45) is 2.99. The molecule has 1 aromatic carbocycles. The summed E-state index contributed by atoms with van der Waals surface area (Å²) in [5.41, 5.74) is 2.86. The Balaban J connectivity index is 1.99. The van der Waals surface area contributed by atoms with Gasteiger partial charge in [0.1, 0.15) is 17.1 Å². The SMILES string of the molecule is COc1ccccc1-n1c(C2CCSC2)nc2cccnc21. The van der Waals surface area contributed by atoms with Crippen molar-refractivity contribution in [2.45, 2.75) is 12.3 Å². The highest BCUT2D eigenvalue weighted by atomic mass is 32.2. The molecule has 1 fully saturated rings. The topological polar surface area (TPSA) is 39.9 Å². The van der Waals surface area contributed by atoms with Gasteiger partial charge in [0.15, 0.2) is 5.65 Å². The molecule has 2 aromatic heterocycles. The van der Waals surface area contributed by atoms with Gasteiger partial charge in [-0.15, -0.1) is 0 Å². The van der Waals surface area contributed by atoms with Gasteiger partial charge in [-0.3, -0.25) is 4.57 Å². The van der Waals surface area contributed by atoms with Gasteiger partial charge in [0.05, 0.1) is 12.8 Å². The van der Waals surface area contributed by atoms with Gasteiger partial charge < -0.3 is 4.74 Å². The van der Waals surface area contributed by atoms with Gasteiger partial charge in [-0.1, -0.05) is 12.1 Å². The molecule has 22 heavy (non-hydrogen) atoms. The lowest BCUT2D eigenvalue weighted by atomic mass is 10.1. The highest BCUT2D eigenvalue weighted by Crippen LogP contribution is 2.36. The fraction of sp³-hybridized carbons (Fsp3) is 0.294. The monoisotopic (exact) mass is 311 g/mol. The Bertz CT molecular complexity index is 809. The fourth-order valence-electron chi connectivity index (χ4n) is 2.99. The van der Waals surface area contributed by atoms with Crippen LogP contribution in [-0.2, 0) is 0 Å². The second-order valence-electron chi connectivity index (χ2n) is 5.38. The maximum atomic E-state index is 5.55. The summed E-state index contributed by atoms with van der Waals surface area (Å²) in [6.45, 7) is 0. The third kappa shape index (κ3) is 2.16. The summed E-state index contributed by atoms with van der Waals surface area (Å²) in [7, 11) is 1.70. The Hall–Kier alpha value is -2.01. The number of methoxy groups -OCH3 is 1. The number of aromatic nitrogens is 3. The second kappa shape index (κ2) is 5.65. The number of hydrogen-bond acceptors (Lipinski definition) is 4. The van der Waals surface area contributed by atoms with Crippen molar-refractivity contribution in [3.05, 3.63) is 48.4 Å². The van der Waals surface area contributed by atoms with E-state index in [1.807, 2.05) is 48.3 Å². The van der Waals surface area contributed by atoms with Gasteiger partial charge in [0.25, 0.3) is 0 Å².